The SMILES string of the molecule is CCCPc1ccc(OC)cc1. The van der Waals surface area contributed by atoms with E-state index in [0.717, 1.165) is 14.3 Å². The third kappa shape index (κ3) is 2.83. The summed E-state index contributed by atoms with van der Waals surface area (Å²) in [4.78, 5) is 0. The number of hydrogen-bond donors (Lipinski definition) is 0. The highest BCUT2D eigenvalue weighted by Gasteiger charge is 1.92. The van der Waals surface area contributed by atoms with Crippen LogP contribution in [-0.2, 0) is 0 Å². The Morgan fingerprint density at radius 1 is 1.25 bits per heavy atom. The molecule has 1 rings (SSSR count). The summed E-state index contributed by atoms with van der Waals surface area (Å²) < 4.78 is 5.08. The minimum absolute atomic E-state index is 0.944. The van der Waals surface area contributed by atoms with Crippen LogP contribution in [0.1, 0.15) is 13.3 Å². The number of methoxy groups -OCH3 is 1. The lowest BCUT2D eigenvalue weighted by Crippen LogP contribution is -1.94. The van der Waals surface area contributed by atoms with E-state index in [9.17, 15) is 0 Å². The summed E-state index contributed by atoms with van der Waals surface area (Å²) in [6.07, 6.45) is 2.57. The highest BCUT2D eigenvalue weighted by Crippen LogP contribution is 2.14. The zero-order valence-electron chi connectivity index (χ0n) is 7.63. The maximum atomic E-state index is 5.08. The van der Waals surface area contributed by atoms with Crippen molar-refractivity contribution < 1.29 is 4.74 Å². The first-order chi connectivity index (χ1) is 5.86. The van der Waals surface area contributed by atoms with E-state index in [0.29, 0.717) is 0 Å². The van der Waals surface area contributed by atoms with E-state index in [2.05, 4.69) is 19.1 Å². The first kappa shape index (κ1) is 9.54. The van der Waals surface area contributed by atoms with Gasteiger partial charge < -0.3 is 4.74 Å². The minimum atomic E-state index is 0.944. The Kier molecular flexibility index (Phi) is 4.10. The summed E-state index contributed by atoms with van der Waals surface area (Å²) in [5, 5.41) is 1.43. The van der Waals surface area contributed by atoms with Crippen molar-refractivity contribution >= 4 is 13.9 Å². The number of hydrogen-bond acceptors (Lipinski definition) is 1. The fourth-order valence-electron chi connectivity index (χ4n) is 0.978. The lowest BCUT2D eigenvalue weighted by molar-refractivity contribution is 0.415. The van der Waals surface area contributed by atoms with Gasteiger partial charge in [0.05, 0.1) is 7.11 Å². The van der Waals surface area contributed by atoms with Crippen molar-refractivity contribution in [3.05, 3.63) is 24.3 Å². The maximum absolute atomic E-state index is 5.08. The van der Waals surface area contributed by atoms with Crippen LogP contribution in [0.5, 0.6) is 5.75 Å². The van der Waals surface area contributed by atoms with E-state index in [-0.39, 0.29) is 0 Å². The highest BCUT2D eigenvalue weighted by molar-refractivity contribution is 7.47. The van der Waals surface area contributed by atoms with Gasteiger partial charge in [-0.05, 0) is 23.6 Å². The monoisotopic (exact) mass is 182 g/mol. The molecule has 0 bridgehead atoms. The topological polar surface area (TPSA) is 9.23 Å². The zero-order valence-corrected chi connectivity index (χ0v) is 8.63. The van der Waals surface area contributed by atoms with Gasteiger partial charge in [-0.2, -0.15) is 0 Å². The summed E-state index contributed by atoms with van der Waals surface area (Å²) in [5.41, 5.74) is 0. The zero-order chi connectivity index (χ0) is 8.81. The highest BCUT2D eigenvalue weighted by atomic mass is 31.1. The smallest absolute Gasteiger partial charge is 0.118 e. The molecule has 1 aromatic rings. The molecule has 1 unspecified atom stereocenters. The van der Waals surface area contributed by atoms with Gasteiger partial charge in [0.2, 0.25) is 0 Å². The fourth-order valence-corrected chi connectivity index (χ4v) is 1.92. The molecular formula is C10H15OP. The molecular weight excluding hydrogens is 167 g/mol. The van der Waals surface area contributed by atoms with Crippen LogP contribution in [0.25, 0.3) is 0 Å². The molecule has 12 heavy (non-hydrogen) atoms. The second-order valence-corrected chi connectivity index (χ2v) is 4.09. The van der Waals surface area contributed by atoms with Gasteiger partial charge >= 0.3 is 0 Å². The Labute approximate surface area is 75.9 Å². The van der Waals surface area contributed by atoms with E-state index in [1.165, 1.54) is 17.9 Å². The van der Waals surface area contributed by atoms with Gasteiger partial charge in [-0.25, -0.2) is 0 Å². The number of ether oxygens (including phenoxy) is 1. The van der Waals surface area contributed by atoms with Crippen LogP contribution < -0.4 is 10.0 Å². The number of benzene rings is 1. The molecule has 1 nitrogen and oxygen atoms in total. The standard InChI is InChI=1S/C10H15OP/c1-3-8-12-10-6-4-9(11-2)5-7-10/h4-7,12H,3,8H2,1-2H3. The van der Waals surface area contributed by atoms with Crippen molar-refractivity contribution in [3.8, 4) is 5.75 Å². The van der Waals surface area contributed by atoms with Crippen molar-refractivity contribution in [1.29, 1.82) is 0 Å². The molecule has 0 aliphatic rings. The summed E-state index contributed by atoms with van der Waals surface area (Å²) >= 11 is 0. The van der Waals surface area contributed by atoms with E-state index in [1.807, 2.05) is 12.1 Å². The molecule has 0 saturated carbocycles. The number of rotatable bonds is 4. The lowest BCUT2D eigenvalue weighted by Gasteiger charge is -2.01. The normalized spacial score (nSPS) is 10.8. The Morgan fingerprint density at radius 3 is 2.42 bits per heavy atom. The first-order valence-corrected chi connectivity index (χ1v) is 5.45. The molecule has 0 amide bonds. The predicted octanol–water partition coefficient (Wildman–Crippen LogP) is 2.41. The second kappa shape index (κ2) is 5.16. The van der Waals surface area contributed by atoms with E-state index in [4.69, 9.17) is 4.74 Å². The Hall–Kier alpha value is -0.550. The summed E-state index contributed by atoms with van der Waals surface area (Å²) in [5.74, 6) is 0.944. The van der Waals surface area contributed by atoms with Crippen LogP contribution in [0.4, 0.5) is 0 Å². The molecule has 0 heterocycles. The van der Waals surface area contributed by atoms with Crippen molar-refractivity contribution in [2.24, 2.45) is 0 Å². The predicted molar refractivity (Wildman–Crippen MR) is 56.1 cm³/mol. The van der Waals surface area contributed by atoms with E-state index < -0.39 is 0 Å². The minimum Gasteiger partial charge on any atom is -0.497 e. The third-order valence-electron chi connectivity index (χ3n) is 1.67. The van der Waals surface area contributed by atoms with Crippen molar-refractivity contribution in [2.75, 3.05) is 13.3 Å². The first-order valence-electron chi connectivity index (χ1n) is 4.24. The van der Waals surface area contributed by atoms with Crippen LogP contribution in [-0.4, -0.2) is 13.3 Å². The third-order valence-corrected chi connectivity index (χ3v) is 3.16. The maximum Gasteiger partial charge on any atom is 0.118 e. The van der Waals surface area contributed by atoms with Gasteiger partial charge in [0, 0.05) is 0 Å². The molecule has 2 heteroatoms. The van der Waals surface area contributed by atoms with Crippen molar-refractivity contribution in [3.63, 3.8) is 0 Å². The Bertz CT molecular complexity index is 218. The molecule has 0 N–H and O–H groups in total. The molecule has 0 radical (unpaired) electrons. The average molecular weight is 182 g/mol. The van der Waals surface area contributed by atoms with Gasteiger partial charge in [0.15, 0.2) is 0 Å². The van der Waals surface area contributed by atoms with Gasteiger partial charge in [-0.3, -0.25) is 0 Å². The fraction of sp³-hybridized carbons (Fsp3) is 0.400. The molecule has 0 fully saturated rings. The molecule has 1 aromatic carbocycles. The molecule has 0 aliphatic heterocycles. The molecule has 0 spiro atoms. The molecule has 0 aliphatic carbocycles. The van der Waals surface area contributed by atoms with Crippen LogP contribution in [0.15, 0.2) is 24.3 Å². The van der Waals surface area contributed by atoms with Crippen molar-refractivity contribution in [1.82, 2.24) is 0 Å². The second-order valence-electron chi connectivity index (χ2n) is 2.66. The van der Waals surface area contributed by atoms with Gasteiger partial charge in [0.1, 0.15) is 5.75 Å². The van der Waals surface area contributed by atoms with Crippen molar-refractivity contribution in [2.45, 2.75) is 13.3 Å². The summed E-state index contributed by atoms with van der Waals surface area (Å²) in [7, 11) is 2.64. The van der Waals surface area contributed by atoms with E-state index >= 15 is 0 Å². The van der Waals surface area contributed by atoms with E-state index in [1.54, 1.807) is 7.11 Å². The Balaban J connectivity index is 2.53. The van der Waals surface area contributed by atoms with Gasteiger partial charge in [0.25, 0.3) is 0 Å². The summed E-state index contributed by atoms with van der Waals surface area (Å²) in [6.45, 7) is 2.22. The van der Waals surface area contributed by atoms with Crippen LogP contribution >= 0.6 is 8.58 Å². The summed E-state index contributed by atoms with van der Waals surface area (Å²) in [6, 6.07) is 8.34. The molecule has 1 atom stereocenters. The van der Waals surface area contributed by atoms with Gasteiger partial charge in [-0.15, -0.1) is 0 Å². The lowest BCUT2D eigenvalue weighted by atomic mass is 10.3. The quantitative estimate of drug-likeness (QED) is 0.650. The largest absolute Gasteiger partial charge is 0.497 e. The molecule has 0 saturated heterocycles. The average Bonchev–Trinajstić information content (AvgIpc) is 2.15. The Morgan fingerprint density at radius 2 is 1.92 bits per heavy atom. The molecule has 66 valence electrons. The van der Waals surface area contributed by atoms with Crippen LogP contribution in [0.3, 0.4) is 0 Å². The van der Waals surface area contributed by atoms with Crippen LogP contribution in [0.2, 0.25) is 0 Å². The molecule has 0 aromatic heterocycles. The van der Waals surface area contributed by atoms with Crippen LogP contribution in [0, 0.1) is 0 Å². The van der Waals surface area contributed by atoms with Gasteiger partial charge in [-0.1, -0.05) is 34.1 Å².